The molecule has 0 aliphatic heterocycles. The number of benzene rings is 1. The molecule has 1 heterocycles. The van der Waals surface area contributed by atoms with Gasteiger partial charge in [-0.2, -0.15) is 0 Å². The third kappa shape index (κ3) is 1.73. The van der Waals surface area contributed by atoms with E-state index in [0.717, 1.165) is 22.6 Å². The molecule has 0 aliphatic rings. The lowest BCUT2D eigenvalue weighted by atomic mass is 10.1. The first-order chi connectivity index (χ1) is 7.08. The molecule has 0 aliphatic carbocycles. The Balaban J connectivity index is 2.54. The normalized spacial score (nSPS) is 10.6. The van der Waals surface area contributed by atoms with E-state index in [0.29, 0.717) is 5.89 Å². The first-order valence-corrected chi connectivity index (χ1v) is 4.82. The molecule has 0 radical (unpaired) electrons. The lowest BCUT2D eigenvalue weighted by molar-refractivity contribution is 0.471. The summed E-state index contributed by atoms with van der Waals surface area (Å²) in [6, 6.07) is 5.51. The van der Waals surface area contributed by atoms with E-state index in [9.17, 15) is 5.11 Å². The van der Waals surface area contributed by atoms with Crippen LogP contribution in [0.5, 0.6) is 5.75 Å². The standard InChI is InChI=1S/C12H13NO2/c1-7-4-5-10(6-11(7)14)12-8(2)15-9(3)13-12/h4-6,14H,1-3H3. The molecule has 2 aromatic rings. The van der Waals surface area contributed by atoms with Crippen molar-refractivity contribution in [1.82, 2.24) is 4.98 Å². The van der Waals surface area contributed by atoms with E-state index in [2.05, 4.69) is 4.98 Å². The minimum atomic E-state index is 0.285. The number of aryl methyl sites for hydroxylation is 3. The van der Waals surface area contributed by atoms with Gasteiger partial charge in [0.2, 0.25) is 0 Å². The summed E-state index contributed by atoms with van der Waals surface area (Å²) >= 11 is 0. The van der Waals surface area contributed by atoms with Gasteiger partial charge in [0.1, 0.15) is 17.2 Å². The van der Waals surface area contributed by atoms with Gasteiger partial charge in [0, 0.05) is 12.5 Å². The van der Waals surface area contributed by atoms with Crippen molar-refractivity contribution in [2.75, 3.05) is 0 Å². The second-order valence-electron chi connectivity index (χ2n) is 3.64. The Bertz CT molecular complexity index is 500. The van der Waals surface area contributed by atoms with Gasteiger partial charge in [-0.1, -0.05) is 12.1 Å². The fourth-order valence-electron chi connectivity index (χ4n) is 1.55. The zero-order chi connectivity index (χ0) is 11.0. The summed E-state index contributed by atoms with van der Waals surface area (Å²) in [6.07, 6.45) is 0. The molecule has 0 saturated heterocycles. The summed E-state index contributed by atoms with van der Waals surface area (Å²) in [6.45, 7) is 5.54. The first kappa shape index (κ1) is 9.77. The van der Waals surface area contributed by atoms with Crippen molar-refractivity contribution < 1.29 is 9.52 Å². The Morgan fingerprint density at radius 2 is 1.93 bits per heavy atom. The van der Waals surface area contributed by atoms with Crippen molar-refractivity contribution >= 4 is 0 Å². The molecule has 1 aromatic carbocycles. The van der Waals surface area contributed by atoms with Crippen molar-refractivity contribution in [1.29, 1.82) is 0 Å². The van der Waals surface area contributed by atoms with Gasteiger partial charge >= 0.3 is 0 Å². The van der Waals surface area contributed by atoms with Crippen LogP contribution in [0.15, 0.2) is 22.6 Å². The summed E-state index contributed by atoms with van der Waals surface area (Å²) in [7, 11) is 0. The van der Waals surface area contributed by atoms with Crippen LogP contribution < -0.4 is 0 Å². The van der Waals surface area contributed by atoms with Crippen LogP contribution in [0.4, 0.5) is 0 Å². The van der Waals surface area contributed by atoms with Gasteiger partial charge in [0.05, 0.1) is 0 Å². The molecule has 78 valence electrons. The molecule has 0 bridgehead atoms. The number of phenolic OH excluding ortho intramolecular Hbond substituents is 1. The minimum absolute atomic E-state index is 0.285. The number of aromatic hydroxyl groups is 1. The van der Waals surface area contributed by atoms with Crippen molar-refractivity contribution in [3.05, 3.63) is 35.4 Å². The van der Waals surface area contributed by atoms with Crippen molar-refractivity contribution in [3.63, 3.8) is 0 Å². The Labute approximate surface area is 88.4 Å². The third-order valence-corrected chi connectivity index (χ3v) is 2.39. The molecule has 1 aromatic heterocycles. The molecule has 15 heavy (non-hydrogen) atoms. The zero-order valence-corrected chi connectivity index (χ0v) is 9.03. The van der Waals surface area contributed by atoms with Crippen LogP contribution in [0.1, 0.15) is 17.2 Å². The van der Waals surface area contributed by atoms with Gasteiger partial charge in [-0.05, 0) is 25.5 Å². The maximum absolute atomic E-state index is 9.60. The topological polar surface area (TPSA) is 46.3 Å². The van der Waals surface area contributed by atoms with Crippen LogP contribution >= 0.6 is 0 Å². The molecule has 0 spiro atoms. The largest absolute Gasteiger partial charge is 0.508 e. The van der Waals surface area contributed by atoms with E-state index in [4.69, 9.17) is 4.42 Å². The Morgan fingerprint density at radius 1 is 1.20 bits per heavy atom. The van der Waals surface area contributed by atoms with E-state index in [1.807, 2.05) is 32.9 Å². The highest BCUT2D eigenvalue weighted by Gasteiger charge is 2.10. The zero-order valence-electron chi connectivity index (χ0n) is 9.03. The first-order valence-electron chi connectivity index (χ1n) is 4.82. The fraction of sp³-hybridized carbons (Fsp3) is 0.250. The number of nitrogens with zero attached hydrogens (tertiary/aromatic N) is 1. The average Bonchev–Trinajstić information content (AvgIpc) is 2.50. The van der Waals surface area contributed by atoms with E-state index >= 15 is 0 Å². The molecule has 0 atom stereocenters. The van der Waals surface area contributed by atoms with Gasteiger partial charge in [-0.25, -0.2) is 4.98 Å². The van der Waals surface area contributed by atoms with E-state index in [1.165, 1.54) is 0 Å². The highest BCUT2D eigenvalue weighted by atomic mass is 16.4. The monoisotopic (exact) mass is 203 g/mol. The molecule has 0 saturated carbocycles. The van der Waals surface area contributed by atoms with E-state index < -0.39 is 0 Å². The smallest absolute Gasteiger partial charge is 0.191 e. The van der Waals surface area contributed by atoms with E-state index in [1.54, 1.807) is 6.07 Å². The summed E-state index contributed by atoms with van der Waals surface area (Å²) in [5.41, 5.74) is 2.53. The van der Waals surface area contributed by atoms with Gasteiger partial charge in [0.25, 0.3) is 0 Å². The molecule has 1 N–H and O–H groups in total. The van der Waals surface area contributed by atoms with E-state index in [-0.39, 0.29) is 5.75 Å². The average molecular weight is 203 g/mol. The summed E-state index contributed by atoms with van der Waals surface area (Å²) in [4.78, 5) is 4.27. The summed E-state index contributed by atoms with van der Waals surface area (Å²) < 4.78 is 5.35. The Hall–Kier alpha value is -1.77. The van der Waals surface area contributed by atoms with Crippen LogP contribution in [0.3, 0.4) is 0 Å². The van der Waals surface area contributed by atoms with Gasteiger partial charge in [-0.3, -0.25) is 0 Å². The maximum Gasteiger partial charge on any atom is 0.191 e. The minimum Gasteiger partial charge on any atom is -0.508 e. The SMILES string of the molecule is Cc1nc(-c2ccc(C)c(O)c2)c(C)o1. The highest BCUT2D eigenvalue weighted by Crippen LogP contribution is 2.27. The van der Waals surface area contributed by atoms with Crippen LogP contribution in [0.25, 0.3) is 11.3 Å². The Morgan fingerprint density at radius 3 is 2.47 bits per heavy atom. The van der Waals surface area contributed by atoms with Crippen molar-refractivity contribution in [2.45, 2.75) is 20.8 Å². The molecule has 0 unspecified atom stereocenters. The van der Waals surface area contributed by atoms with Crippen molar-refractivity contribution in [2.24, 2.45) is 0 Å². The molecular formula is C12H13NO2. The molecule has 2 rings (SSSR count). The third-order valence-electron chi connectivity index (χ3n) is 2.39. The molecular weight excluding hydrogens is 190 g/mol. The second-order valence-corrected chi connectivity index (χ2v) is 3.64. The molecule has 3 heteroatoms. The Kier molecular flexibility index (Phi) is 2.23. The number of rotatable bonds is 1. The number of hydrogen-bond donors (Lipinski definition) is 1. The van der Waals surface area contributed by atoms with Crippen LogP contribution in [-0.4, -0.2) is 10.1 Å². The maximum atomic E-state index is 9.60. The van der Waals surface area contributed by atoms with Crippen molar-refractivity contribution in [3.8, 4) is 17.0 Å². The van der Waals surface area contributed by atoms with Crippen LogP contribution in [-0.2, 0) is 0 Å². The number of hydrogen-bond acceptors (Lipinski definition) is 3. The van der Waals surface area contributed by atoms with Crippen LogP contribution in [0, 0.1) is 20.8 Å². The number of oxazole rings is 1. The number of phenols is 1. The lowest BCUT2D eigenvalue weighted by Crippen LogP contribution is -1.82. The summed E-state index contributed by atoms with van der Waals surface area (Å²) in [5.74, 6) is 1.70. The lowest BCUT2D eigenvalue weighted by Gasteiger charge is -2.01. The van der Waals surface area contributed by atoms with Gasteiger partial charge in [0.15, 0.2) is 5.89 Å². The number of aromatic nitrogens is 1. The highest BCUT2D eigenvalue weighted by molar-refractivity contribution is 5.63. The predicted octanol–water partition coefficient (Wildman–Crippen LogP) is 2.97. The van der Waals surface area contributed by atoms with Crippen LogP contribution in [0.2, 0.25) is 0 Å². The second kappa shape index (κ2) is 3.42. The molecule has 3 nitrogen and oxygen atoms in total. The quantitative estimate of drug-likeness (QED) is 0.775. The molecule has 0 amide bonds. The van der Waals surface area contributed by atoms with Gasteiger partial charge in [-0.15, -0.1) is 0 Å². The predicted molar refractivity (Wildman–Crippen MR) is 57.8 cm³/mol. The summed E-state index contributed by atoms with van der Waals surface area (Å²) in [5, 5.41) is 9.60. The van der Waals surface area contributed by atoms with Gasteiger partial charge < -0.3 is 9.52 Å². The fourth-order valence-corrected chi connectivity index (χ4v) is 1.55. The molecule has 0 fully saturated rings.